The van der Waals surface area contributed by atoms with Crippen molar-refractivity contribution in [3.05, 3.63) is 48.2 Å². The molecule has 166 valence electrons. The van der Waals surface area contributed by atoms with Gasteiger partial charge in [0.15, 0.2) is 5.82 Å². The minimum absolute atomic E-state index is 0.0552. The number of allylic oxidation sites excluding steroid dienone is 2. The van der Waals surface area contributed by atoms with Crippen molar-refractivity contribution in [2.75, 3.05) is 10.2 Å². The fourth-order valence-electron chi connectivity index (χ4n) is 3.79. The minimum Gasteiger partial charge on any atom is -0.481 e. The number of thioether (sulfide) groups is 1. The predicted octanol–water partition coefficient (Wildman–Crippen LogP) is 3.01. The van der Waals surface area contributed by atoms with Crippen LogP contribution in [0.5, 0.6) is 0 Å². The van der Waals surface area contributed by atoms with Crippen molar-refractivity contribution < 1.29 is 28.8 Å². The molecule has 1 aromatic heterocycles. The highest BCUT2D eigenvalue weighted by Gasteiger charge is 2.41. The molecule has 2 N–H and O–H groups in total. The molecule has 0 saturated carbocycles. The molecule has 10 heteroatoms. The van der Waals surface area contributed by atoms with Crippen LogP contribution in [-0.2, 0) is 19.2 Å². The average Bonchev–Trinajstić information content (AvgIpc) is 3.31. The fourth-order valence-corrected chi connectivity index (χ4v) is 4.84. The van der Waals surface area contributed by atoms with E-state index in [1.807, 2.05) is 6.08 Å². The third kappa shape index (κ3) is 4.45. The molecule has 0 bridgehead atoms. The molecule has 3 atom stereocenters. The van der Waals surface area contributed by atoms with Crippen LogP contribution in [0, 0.1) is 18.8 Å². The Balaban J connectivity index is 1.38. The number of benzene rings is 1. The maximum Gasteiger partial charge on any atom is 0.307 e. The van der Waals surface area contributed by atoms with Crippen LogP contribution in [0.2, 0.25) is 0 Å². The SMILES string of the molecule is Cc1cc(N2C(=O)C[C@H](Sc3ccc(NC(=O)[C@@H]4CC=CC[C@@H]4C(=O)O)cc3)C2=O)no1. The second kappa shape index (κ2) is 8.99. The summed E-state index contributed by atoms with van der Waals surface area (Å²) in [4.78, 5) is 50.8. The standard InChI is InChI=1S/C22H21N3O6S/c1-12-10-18(24-31-12)25-19(26)11-17(21(25)28)32-14-8-6-13(7-9-14)23-20(27)15-4-2-3-5-16(15)22(29)30/h2-3,6-10,15-17H,4-5,11H2,1H3,(H,23,27)(H,29,30)/t15-,16+,17+/m1/s1. The van der Waals surface area contributed by atoms with Crippen LogP contribution in [0.25, 0.3) is 0 Å². The van der Waals surface area contributed by atoms with Gasteiger partial charge in [-0.25, -0.2) is 4.90 Å². The number of aliphatic carboxylic acids is 1. The predicted molar refractivity (Wildman–Crippen MR) is 116 cm³/mol. The van der Waals surface area contributed by atoms with Crippen molar-refractivity contribution >= 4 is 47.0 Å². The molecule has 0 radical (unpaired) electrons. The summed E-state index contributed by atoms with van der Waals surface area (Å²) in [5.74, 6) is -2.67. The monoisotopic (exact) mass is 455 g/mol. The second-order valence-corrected chi connectivity index (χ2v) is 8.96. The number of anilines is 2. The number of imide groups is 1. The van der Waals surface area contributed by atoms with Crippen LogP contribution in [0.4, 0.5) is 11.5 Å². The highest BCUT2D eigenvalue weighted by Crippen LogP contribution is 2.34. The van der Waals surface area contributed by atoms with Gasteiger partial charge in [-0.15, -0.1) is 11.8 Å². The average molecular weight is 455 g/mol. The fraction of sp³-hybridized carbons (Fsp3) is 0.318. The molecule has 1 aliphatic heterocycles. The number of amides is 3. The van der Waals surface area contributed by atoms with Crippen LogP contribution < -0.4 is 10.2 Å². The molecule has 2 aromatic rings. The zero-order chi connectivity index (χ0) is 22.8. The van der Waals surface area contributed by atoms with Gasteiger partial charge in [0.25, 0.3) is 0 Å². The van der Waals surface area contributed by atoms with E-state index in [0.29, 0.717) is 24.3 Å². The number of carbonyl (C=O) groups excluding carboxylic acids is 3. The first kappa shape index (κ1) is 21.8. The summed E-state index contributed by atoms with van der Waals surface area (Å²) in [5, 5.41) is 15.3. The number of carbonyl (C=O) groups is 4. The topological polar surface area (TPSA) is 130 Å². The van der Waals surface area contributed by atoms with Gasteiger partial charge in [-0.05, 0) is 44.0 Å². The first-order valence-electron chi connectivity index (χ1n) is 10.1. The Morgan fingerprint density at radius 2 is 1.84 bits per heavy atom. The zero-order valence-corrected chi connectivity index (χ0v) is 18.0. The van der Waals surface area contributed by atoms with E-state index in [4.69, 9.17) is 4.52 Å². The number of rotatable bonds is 6. The van der Waals surface area contributed by atoms with Crippen LogP contribution in [0.3, 0.4) is 0 Å². The highest BCUT2D eigenvalue weighted by atomic mass is 32.2. The molecule has 0 spiro atoms. The number of aryl methyl sites for hydroxylation is 1. The van der Waals surface area contributed by atoms with Gasteiger partial charge in [-0.1, -0.05) is 17.3 Å². The summed E-state index contributed by atoms with van der Waals surface area (Å²) in [6, 6.07) is 8.41. The van der Waals surface area contributed by atoms with Crippen LogP contribution in [0.15, 0.2) is 51.9 Å². The van der Waals surface area contributed by atoms with Crippen molar-refractivity contribution in [1.29, 1.82) is 0 Å². The number of hydrogen-bond acceptors (Lipinski definition) is 7. The quantitative estimate of drug-likeness (QED) is 0.502. The molecule has 1 fully saturated rings. The van der Waals surface area contributed by atoms with Crippen molar-refractivity contribution in [3.8, 4) is 0 Å². The van der Waals surface area contributed by atoms with Crippen molar-refractivity contribution in [2.24, 2.45) is 11.8 Å². The van der Waals surface area contributed by atoms with E-state index in [-0.39, 0.29) is 30.0 Å². The molecule has 4 rings (SSSR count). The van der Waals surface area contributed by atoms with Crippen LogP contribution in [0.1, 0.15) is 25.0 Å². The molecular weight excluding hydrogens is 434 g/mol. The summed E-state index contributed by atoms with van der Waals surface area (Å²) >= 11 is 1.26. The lowest BCUT2D eigenvalue weighted by Crippen LogP contribution is -2.34. The Bertz CT molecular complexity index is 1090. The summed E-state index contributed by atoms with van der Waals surface area (Å²) in [7, 11) is 0. The number of aromatic nitrogens is 1. The van der Waals surface area contributed by atoms with Gasteiger partial charge in [-0.3, -0.25) is 19.2 Å². The third-order valence-corrected chi connectivity index (χ3v) is 6.63. The van der Waals surface area contributed by atoms with Gasteiger partial charge in [0.1, 0.15) is 5.76 Å². The number of nitrogens with zero attached hydrogens (tertiary/aromatic N) is 2. The largest absolute Gasteiger partial charge is 0.481 e. The molecular formula is C22H21N3O6S. The molecule has 32 heavy (non-hydrogen) atoms. The Kier molecular flexibility index (Phi) is 6.13. The van der Waals surface area contributed by atoms with E-state index in [1.165, 1.54) is 17.8 Å². The van der Waals surface area contributed by atoms with Gasteiger partial charge in [0.05, 0.1) is 17.1 Å². The number of hydrogen-bond donors (Lipinski definition) is 2. The highest BCUT2D eigenvalue weighted by molar-refractivity contribution is 8.00. The normalized spacial score (nSPS) is 22.9. The zero-order valence-electron chi connectivity index (χ0n) is 17.2. The van der Waals surface area contributed by atoms with Gasteiger partial charge in [0, 0.05) is 23.1 Å². The van der Waals surface area contributed by atoms with E-state index in [1.54, 1.807) is 37.3 Å². The van der Waals surface area contributed by atoms with E-state index >= 15 is 0 Å². The smallest absolute Gasteiger partial charge is 0.307 e. The van der Waals surface area contributed by atoms with Gasteiger partial charge >= 0.3 is 5.97 Å². The molecule has 0 unspecified atom stereocenters. The first-order chi connectivity index (χ1) is 15.3. The molecule has 2 heterocycles. The maximum atomic E-state index is 12.7. The van der Waals surface area contributed by atoms with Crippen molar-refractivity contribution in [1.82, 2.24) is 5.16 Å². The number of carboxylic acids is 1. The molecule has 9 nitrogen and oxygen atoms in total. The Morgan fingerprint density at radius 3 is 2.47 bits per heavy atom. The van der Waals surface area contributed by atoms with Crippen LogP contribution >= 0.6 is 11.8 Å². The summed E-state index contributed by atoms with van der Waals surface area (Å²) < 4.78 is 4.96. The van der Waals surface area contributed by atoms with E-state index < -0.39 is 23.1 Å². The maximum absolute atomic E-state index is 12.7. The summed E-state index contributed by atoms with van der Waals surface area (Å²) in [5.41, 5.74) is 0.534. The van der Waals surface area contributed by atoms with Gasteiger partial charge in [-0.2, -0.15) is 0 Å². The Labute approximate surface area is 187 Å². The molecule has 1 saturated heterocycles. The summed E-state index contributed by atoms with van der Waals surface area (Å²) in [6.45, 7) is 1.68. The van der Waals surface area contributed by atoms with E-state index in [0.717, 1.165) is 9.80 Å². The van der Waals surface area contributed by atoms with Crippen molar-refractivity contribution in [2.45, 2.75) is 36.3 Å². The number of nitrogens with one attached hydrogen (secondary N) is 1. The molecule has 1 aliphatic carbocycles. The Hall–Kier alpha value is -3.40. The number of carboxylic acid groups (broad SMARTS) is 1. The second-order valence-electron chi connectivity index (χ2n) is 7.68. The lowest BCUT2D eigenvalue weighted by molar-refractivity contribution is -0.146. The molecule has 3 amide bonds. The third-order valence-electron chi connectivity index (χ3n) is 5.44. The van der Waals surface area contributed by atoms with E-state index in [2.05, 4.69) is 10.5 Å². The summed E-state index contributed by atoms with van der Waals surface area (Å²) in [6.07, 6.45) is 4.39. The van der Waals surface area contributed by atoms with E-state index in [9.17, 15) is 24.3 Å². The lowest BCUT2D eigenvalue weighted by atomic mass is 9.82. The molecule has 1 aromatic carbocycles. The first-order valence-corrected chi connectivity index (χ1v) is 11.0. The van der Waals surface area contributed by atoms with Crippen LogP contribution in [-0.4, -0.2) is 39.2 Å². The Morgan fingerprint density at radius 1 is 1.16 bits per heavy atom. The molecule has 2 aliphatic rings. The lowest BCUT2D eigenvalue weighted by Gasteiger charge is -2.24. The minimum atomic E-state index is -0.980. The van der Waals surface area contributed by atoms with Crippen molar-refractivity contribution in [3.63, 3.8) is 0 Å². The van der Waals surface area contributed by atoms with Gasteiger partial charge < -0.3 is 14.9 Å². The van der Waals surface area contributed by atoms with Gasteiger partial charge in [0.2, 0.25) is 17.7 Å².